The predicted molar refractivity (Wildman–Crippen MR) is 111 cm³/mol. The molecule has 0 aliphatic carbocycles. The van der Waals surface area contributed by atoms with Crippen LogP contribution in [-0.2, 0) is 23.0 Å². The first-order chi connectivity index (χ1) is 13.8. The van der Waals surface area contributed by atoms with Crippen LogP contribution in [0.5, 0.6) is 0 Å². The Balaban J connectivity index is 1.48. The van der Waals surface area contributed by atoms with Gasteiger partial charge in [0, 0.05) is 31.8 Å². The maximum Gasteiger partial charge on any atom is 0.316 e. The molecule has 1 heterocycles. The van der Waals surface area contributed by atoms with Crippen molar-refractivity contribution in [1.82, 2.24) is 9.62 Å². The van der Waals surface area contributed by atoms with Crippen LogP contribution in [0.1, 0.15) is 29.5 Å². The van der Waals surface area contributed by atoms with Crippen molar-refractivity contribution in [1.29, 1.82) is 0 Å². The van der Waals surface area contributed by atoms with Crippen LogP contribution in [0.15, 0.2) is 41.3 Å². The van der Waals surface area contributed by atoms with Gasteiger partial charge in [0.15, 0.2) is 0 Å². The Morgan fingerprint density at radius 2 is 2.00 bits per heavy atom. The third-order valence-electron chi connectivity index (χ3n) is 5.13. The number of aryl methyl sites for hydroxylation is 1. The minimum Gasteiger partial charge on any atom is -0.299 e. The summed E-state index contributed by atoms with van der Waals surface area (Å²) in [5.74, 6) is 0. The predicted octanol–water partition coefficient (Wildman–Crippen LogP) is 3.56. The lowest BCUT2D eigenvalue weighted by atomic mass is 9.99. The molecule has 0 amide bonds. The SMILES string of the molecule is Cc1cccc(Cl)c1S(=O)(=O)NCCCCN1CCc2ccc([N+](=O)O)cc2C1. The van der Waals surface area contributed by atoms with Gasteiger partial charge in [0.1, 0.15) is 4.90 Å². The van der Waals surface area contributed by atoms with Gasteiger partial charge in [0.25, 0.3) is 4.92 Å². The zero-order valence-corrected chi connectivity index (χ0v) is 17.8. The third kappa shape index (κ3) is 5.33. The zero-order chi connectivity index (χ0) is 21.0. The molecule has 0 unspecified atom stereocenters. The van der Waals surface area contributed by atoms with Gasteiger partial charge in [-0.25, -0.2) is 18.3 Å². The first-order valence-corrected chi connectivity index (χ1v) is 11.4. The molecule has 2 aromatic carbocycles. The van der Waals surface area contributed by atoms with Gasteiger partial charge in [0.2, 0.25) is 10.0 Å². The highest BCUT2D eigenvalue weighted by Crippen LogP contribution is 2.25. The molecular weight excluding hydrogens is 414 g/mol. The summed E-state index contributed by atoms with van der Waals surface area (Å²) >= 11 is 6.06. The van der Waals surface area contributed by atoms with Gasteiger partial charge in [-0.3, -0.25) is 4.90 Å². The average Bonchev–Trinajstić information content (AvgIpc) is 2.66. The summed E-state index contributed by atoms with van der Waals surface area (Å²) in [7, 11) is -3.63. The van der Waals surface area contributed by atoms with E-state index in [1.165, 1.54) is 5.56 Å². The summed E-state index contributed by atoms with van der Waals surface area (Å²) in [6, 6.07) is 10.2. The number of fused-ring (bicyclic) bond motifs is 1. The molecule has 2 N–H and O–H groups in total. The van der Waals surface area contributed by atoms with Crippen LogP contribution >= 0.6 is 11.6 Å². The van der Waals surface area contributed by atoms with Crippen LogP contribution in [0.3, 0.4) is 0 Å². The molecule has 1 aliphatic heterocycles. The number of sulfonamides is 1. The van der Waals surface area contributed by atoms with Gasteiger partial charge >= 0.3 is 5.69 Å². The summed E-state index contributed by atoms with van der Waals surface area (Å²) < 4.78 is 27.6. The molecule has 0 saturated heterocycles. The summed E-state index contributed by atoms with van der Waals surface area (Å²) in [5, 5.41) is 9.30. The third-order valence-corrected chi connectivity index (χ3v) is 7.22. The lowest BCUT2D eigenvalue weighted by molar-refractivity contribution is -0.729. The average molecular weight is 439 g/mol. The largest absolute Gasteiger partial charge is 0.316 e. The molecule has 0 spiro atoms. The Bertz CT molecular complexity index is 991. The summed E-state index contributed by atoms with van der Waals surface area (Å²) in [6.07, 6.45) is 2.43. The second kappa shape index (κ2) is 9.21. The number of nitrogens with one attached hydrogen (secondary N) is 1. The van der Waals surface area contributed by atoms with E-state index in [0.29, 0.717) is 25.1 Å². The molecule has 1 aliphatic rings. The Morgan fingerprint density at radius 1 is 1.21 bits per heavy atom. The molecule has 7 nitrogen and oxygen atoms in total. The number of benzene rings is 2. The molecule has 156 valence electrons. The van der Waals surface area contributed by atoms with E-state index < -0.39 is 10.0 Å². The van der Waals surface area contributed by atoms with Crippen LogP contribution in [0.4, 0.5) is 5.69 Å². The fourth-order valence-electron chi connectivity index (χ4n) is 3.61. The van der Waals surface area contributed by atoms with Crippen molar-refractivity contribution in [2.24, 2.45) is 0 Å². The van der Waals surface area contributed by atoms with Gasteiger partial charge in [-0.15, -0.1) is 0 Å². The lowest BCUT2D eigenvalue weighted by Crippen LogP contribution is -2.32. The van der Waals surface area contributed by atoms with E-state index in [2.05, 4.69) is 9.62 Å². The first kappa shape index (κ1) is 21.7. The molecule has 0 atom stereocenters. The summed E-state index contributed by atoms with van der Waals surface area (Å²) in [6.45, 7) is 4.52. The second-order valence-corrected chi connectivity index (χ2v) is 9.35. The second-order valence-electron chi connectivity index (χ2n) is 7.24. The van der Waals surface area contributed by atoms with Gasteiger partial charge in [-0.2, -0.15) is 0 Å². The Kier molecular flexibility index (Phi) is 6.89. The van der Waals surface area contributed by atoms with Crippen LogP contribution in [0.25, 0.3) is 0 Å². The number of halogens is 1. The molecule has 9 heteroatoms. The molecule has 3 rings (SSSR count). The number of hydrogen-bond acceptors (Lipinski definition) is 4. The minimum atomic E-state index is -3.63. The fourth-order valence-corrected chi connectivity index (χ4v) is 5.51. The lowest BCUT2D eigenvalue weighted by Gasteiger charge is -2.28. The van der Waals surface area contributed by atoms with E-state index >= 15 is 0 Å². The van der Waals surface area contributed by atoms with Crippen molar-refractivity contribution in [3.63, 3.8) is 0 Å². The molecular formula is C20H25ClN3O4S+. The van der Waals surface area contributed by atoms with Gasteiger partial charge in [-0.05, 0) is 55.5 Å². The minimum absolute atomic E-state index is 0.119. The molecule has 0 radical (unpaired) electrons. The van der Waals surface area contributed by atoms with Crippen LogP contribution in [-0.4, -0.2) is 43.1 Å². The number of hydrogen-bond donors (Lipinski definition) is 2. The molecule has 0 aromatic heterocycles. The Labute approximate surface area is 175 Å². The van der Waals surface area contributed by atoms with Gasteiger partial charge in [-0.1, -0.05) is 29.8 Å². The smallest absolute Gasteiger partial charge is 0.299 e. The van der Waals surface area contributed by atoms with E-state index in [1.54, 1.807) is 37.3 Å². The van der Waals surface area contributed by atoms with Crippen molar-refractivity contribution < 1.29 is 18.5 Å². The van der Waals surface area contributed by atoms with Crippen LogP contribution in [0.2, 0.25) is 5.02 Å². The van der Waals surface area contributed by atoms with Crippen LogP contribution < -0.4 is 4.72 Å². The highest BCUT2D eigenvalue weighted by molar-refractivity contribution is 7.89. The maximum atomic E-state index is 12.5. The van der Waals surface area contributed by atoms with Crippen molar-refractivity contribution >= 4 is 27.3 Å². The van der Waals surface area contributed by atoms with Crippen molar-refractivity contribution in [3.05, 3.63) is 63.0 Å². The maximum absolute atomic E-state index is 12.5. The molecule has 29 heavy (non-hydrogen) atoms. The van der Waals surface area contributed by atoms with Crippen LogP contribution in [0, 0.1) is 11.8 Å². The fraction of sp³-hybridized carbons (Fsp3) is 0.400. The Hall–Kier alpha value is -2.00. The summed E-state index contributed by atoms with van der Waals surface area (Å²) in [4.78, 5) is 13.4. The molecule has 0 fully saturated rings. The highest BCUT2D eigenvalue weighted by atomic mass is 35.5. The van der Waals surface area contributed by atoms with Crippen molar-refractivity contribution in [2.75, 3.05) is 19.6 Å². The molecule has 0 bridgehead atoms. The summed E-state index contributed by atoms with van der Waals surface area (Å²) in [5.41, 5.74) is 3.08. The van der Waals surface area contributed by atoms with E-state index in [-0.39, 0.29) is 20.5 Å². The number of unbranched alkanes of at least 4 members (excludes halogenated alkanes) is 1. The normalized spacial score (nSPS) is 14.6. The highest BCUT2D eigenvalue weighted by Gasteiger charge is 2.21. The van der Waals surface area contributed by atoms with Crippen molar-refractivity contribution in [2.45, 2.75) is 37.6 Å². The Morgan fingerprint density at radius 3 is 2.72 bits per heavy atom. The standard InChI is InChI=1S/C20H25ClN3O4S/c1-15-5-4-6-19(21)20(15)29(27,28)22-10-2-3-11-23-12-9-16-7-8-18(24(25)26)13-17(16)14-23/h4-8,13,22H,2-3,9-12,14H2,1H3,(H,25,26)/q+1. The van der Waals surface area contributed by atoms with Crippen molar-refractivity contribution in [3.8, 4) is 0 Å². The van der Waals surface area contributed by atoms with E-state index in [0.717, 1.165) is 31.5 Å². The number of rotatable bonds is 8. The van der Waals surface area contributed by atoms with Gasteiger partial charge in [0.05, 0.1) is 9.93 Å². The van der Waals surface area contributed by atoms with Gasteiger partial charge < -0.3 is 0 Å². The molecule has 2 aromatic rings. The topological polar surface area (TPSA) is 89.7 Å². The number of nitrogens with zero attached hydrogens (tertiary/aromatic N) is 2. The van der Waals surface area contributed by atoms with E-state index in [4.69, 9.17) is 16.8 Å². The quantitative estimate of drug-likeness (QED) is 0.485. The van der Waals surface area contributed by atoms with E-state index in [1.807, 2.05) is 6.07 Å². The first-order valence-electron chi connectivity index (χ1n) is 9.53. The van der Waals surface area contributed by atoms with E-state index in [9.17, 15) is 13.3 Å². The zero-order valence-electron chi connectivity index (χ0n) is 16.3. The molecule has 0 saturated carbocycles. The monoisotopic (exact) mass is 438 g/mol.